The molecule has 1 rings (SSSR count). The third-order valence-electron chi connectivity index (χ3n) is 2.45. The lowest BCUT2D eigenvalue weighted by molar-refractivity contribution is 0.0958. The molecule has 1 unspecified atom stereocenters. The Hall–Kier alpha value is -1.62. The van der Waals surface area contributed by atoms with E-state index >= 15 is 0 Å². The van der Waals surface area contributed by atoms with Crippen LogP contribution >= 0.6 is 0 Å². The van der Waals surface area contributed by atoms with Crippen LogP contribution in [0.25, 0.3) is 0 Å². The zero-order chi connectivity index (χ0) is 12.7. The van der Waals surface area contributed by atoms with Crippen LogP contribution in [0.1, 0.15) is 30.3 Å². The van der Waals surface area contributed by atoms with Gasteiger partial charge in [0, 0.05) is 31.5 Å². The predicted octanol–water partition coefficient (Wildman–Crippen LogP) is 0.981. The van der Waals surface area contributed by atoms with E-state index in [1.165, 1.54) is 0 Å². The summed E-state index contributed by atoms with van der Waals surface area (Å²) in [5.74, 6) is -0.188. The number of anilines is 1. The molecule has 94 valence electrons. The Bertz CT molecular complexity index is 367. The molecule has 0 spiro atoms. The van der Waals surface area contributed by atoms with Crippen molar-refractivity contribution >= 4 is 11.6 Å². The number of hydrogen-bond acceptors (Lipinski definition) is 4. The van der Waals surface area contributed by atoms with Crippen LogP contribution in [-0.2, 0) is 0 Å². The first-order valence-electron chi connectivity index (χ1n) is 5.85. The molecule has 0 aliphatic carbocycles. The number of nitrogens with zero attached hydrogens (tertiary/aromatic N) is 1. The van der Waals surface area contributed by atoms with Gasteiger partial charge < -0.3 is 16.4 Å². The topological polar surface area (TPSA) is 80.0 Å². The van der Waals surface area contributed by atoms with Gasteiger partial charge in [0.05, 0.1) is 0 Å². The van der Waals surface area contributed by atoms with Crippen LogP contribution in [0.5, 0.6) is 0 Å². The lowest BCUT2D eigenvalue weighted by Gasteiger charge is -2.12. The third kappa shape index (κ3) is 4.40. The first kappa shape index (κ1) is 13.4. The molecule has 1 aromatic heterocycles. The fraction of sp³-hybridized carbons (Fsp3) is 0.500. The first-order valence-corrected chi connectivity index (χ1v) is 5.85. The highest BCUT2D eigenvalue weighted by Crippen LogP contribution is 2.08. The summed E-state index contributed by atoms with van der Waals surface area (Å²) in [6.07, 6.45) is 3.67. The van der Waals surface area contributed by atoms with E-state index in [1.54, 1.807) is 19.3 Å². The quantitative estimate of drug-likeness (QED) is 0.688. The van der Waals surface area contributed by atoms with Crippen molar-refractivity contribution in [1.29, 1.82) is 0 Å². The molecule has 5 heteroatoms. The zero-order valence-corrected chi connectivity index (χ0v) is 10.4. The average Bonchev–Trinajstić information content (AvgIpc) is 2.36. The Morgan fingerprint density at radius 3 is 3.00 bits per heavy atom. The van der Waals surface area contributed by atoms with Crippen LogP contribution in [-0.4, -0.2) is 30.5 Å². The number of pyridine rings is 1. The highest BCUT2D eigenvalue weighted by molar-refractivity contribution is 5.92. The monoisotopic (exact) mass is 236 g/mol. The number of carbonyl (C=O) groups is 1. The number of nitrogens with one attached hydrogen (secondary N) is 2. The fourth-order valence-corrected chi connectivity index (χ4v) is 1.51. The van der Waals surface area contributed by atoms with Gasteiger partial charge in [-0.3, -0.25) is 9.78 Å². The standard InChI is InChI=1S/C12H20N4O/c1-3-4-9(13)8-16-10-5-6-15-11(7-10)12(17)14-2/h5-7,9H,3-4,8,13H2,1-2H3,(H,14,17)(H,15,16). The molecule has 17 heavy (non-hydrogen) atoms. The van der Waals surface area contributed by atoms with Crippen LogP contribution in [0.15, 0.2) is 18.3 Å². The summed E-state index contributed by atoms with van der Waals surface area (Å²) in [4.78, 5) is 15.4. The summed E-state index contributed by atoms with van der Waals surface area (Å²) < 4.78 is 0. The number of rotatable bonds is 6. The fourth-order valence-electron chi connectivity index (χ4n) is 1.51. The Labute approximate surface area is 102 Å². The highest BCUT2D eigenvalue weighted by atomic mass is 16.1. The number of carbonyl (C=O) groups excluding carboxylic acids is 1. The first-order chi connectivity index (χ1) is 8.17. The molecule has 0 saturated carbocycles. The summed E-state index contributed by atoms with van der Waals surface area (Å²) in [7, 11) is 1.58. The maximum absolute atomic E-state index is 11.4. The summed E-state index contributed by atoms with van der Waals surface area (Å²) >= 11 is 0. The summed E-state index contributed by atoms with van der Waals surface area (Å²) in [5.41, 5.74) is 7.17. The van der Waals surface area contributed by atoms with Gasteiger partial charge in [-0.05, 0) is 18.6 Å². The summed E-state index contributed by atoms with van der Waals surface area (Å²) in [6, 6.07) is 3.68. The van der Waals surface area contributed by atoms with Crippen LogP contribution < -0.4 is 16.4 Å². The maximum Gasteiger partial charge on any atom is 0.269 e. The summed E-state index contributed by atoms with van der Waals surface area (Å²) in [5, 5.41) is 5.74. The third-order valence-corrected chi connectivity index (χ3v) is 2.45. The maximum atomic E-state index is 11.4. The van der Waals surface area contributed by atoms with Gasteiger partial charge in [-0.25, -0.2) is 0 Å². The SMILES string of the molecule is CCCC(N)CNc1ccnc(C(=O)NC)c1. The Balaban J connectivity index is 2.57. The van der Waals surface area contributed by atoms with Gasteiger partial charge >= 0.3 is 0 Å². The van der Waals surface area contributed by atoms with Gasteiger partial charge in [0.1, 0.15) is 5.69 Å². The van der Waals surface area contributed by atoms with E-state index in [0.29, 0.717) is 12.2 Å². The number of nitrogens with two attached hydrogens (primary N) is 1. The molecule has 0 fully saturated rings. The van der Waals surface area contributed by atoms with Gasteiger partial charge in [0.25, 0.3) is 5.91 Å². The van der Waals surface area contributed by atoms with Gasteiger partial charge in [0.2, 0.25) is 0 Å². The minimum Gasteiger partial charge on any atom is -0.383 e. The van der Waals surface area contributed by atoms with Crippen molar-refractivity contribution in [1.82, 2.24) is 10.3 Å². The van der Waals surface area contributed by atoms with Crippen LogP contribution in [0.4, 0.5) is 5.69 Å². The zero-order valence-electron chi connectivity index (χ0n) is 10.4. The number of hydrogen-bond donors (Lipinski definition) is 3. The Kier molecular flexibility index (Phi) is 5.42. The molecule has 0 aromatic carbocycles. The van der Waals surface area contributed by atoms with Crippen molar-refractivity contribution < 1.29 is 4.79 Å². The summed E-state index contributed by atoms with van der Waals surface area (Å²) in [6.45, 7) is 2.81. The number of aromatic nitrogens is 1. The molecule has 1 heterocycles. The molecule has 0 radical (unpaired) electrons. The van der Waals surface area contributed by atoms with Crippen LogP contribution in [0.2, 0.25) is 0 Å². The highest BCUT2D eigenvalue weighted by Gasteiger charge is 2.06. The van der Waals surface area contributed by atoms with Crippen LogP contribution in [0.3, 0.4) is 0 Å². The van der Waals surface area contributed by atoms with E-state index in [1.807, 2.05) is 6.07 Å². The second kappa shape index (κ2) is 6.85. The molecule has 1 amide bonds. The van der Waals surface area contributed by atoms with E-state index in [9.17, 15) is 4.79 Å². The minimum atomic E-state index is -0.188. The Morgan fingerprint density at radius 1 is 1.59 bits per heavy atom. The molecule has 5 nitrogen and oxygen atoms in total. The predicted molar refractivity (Wildman–Crippen MR) is 69.0 cm³/mol. The van der Waals surface area contributed by atoms with Crippen molar-refractivity contribution in [3.05, 3.63) is 24.0 Å². The van der Waals surface area contributed by atoms with E-state index in [-0.39, 0.29) is 11.9 Å². The van der Waals surface area contributed by atoms with Gasteiger partial charge in [-0.1, -0.05) is 13.3 Å². The molecule has 0 bridgehead atoms. The van der Waals surface area contributed by atoms with Crippen molar-refractivity contribution in [2.24, 2.45) is 5.73 Å². The molecule has 4 N–H and O–H groups in total. The van der Waals surface area contributed by atoms with E-state index < -0.39 is 0 Å². The molecular formula is C12H20N4O. The largest absolute Gasteiger partial charge is 0.383 e. The second-order valence-electron chi connectivity index (χ2n) is 3.94. The second-order valence-corrected chi connectivity index (χ2v) is 3.94. The van der Waals surface area contributed by atoms with E-state index in [0.717, 1.165) is 18.5 Å². The molecule has 0 aliphatic rings. The van der Waals surface area contributed by atoms with Gasteiger partial charge in [0.15, 0.2) is 0 Å². The average molecular weight is 236 g/mol. The van der Waals surface area contributed by atoms with Crippen LogP contribution in [0, 0.1) is 0 Å². The van der Waals surface area contributed by atoms with Gasteiger partial charge in [-0.15, -0.1) is 0 Å². The minimum absolute atomic E-state index is 0.136. The normalized spacial score (nSPS) is 11.9. The van der Waals surface area contributed by atoms with Crippen molar-refractivity contribution in [3.63, 3.8) is 0 Å². The smallest absolute Gasteiger partial charge is 0.269 e. The lowest BCUT2D eigenvalue weighted by Crippen LogP contribution is -2.28. The molecule has 1 atom stereocenters. The van der Waals surface area contributed by atoms with Crippen molar-refractivity contribution in [2.75, 3.05) is 18.9 Å². The molecule has 0 saturated heterocycles. The van der Waals surface area contributed by atoms with Crippen molar-refractivity contribution in [3.8, 4) is 0 Å². The molecule has 0 aliphatic heterocycles. The van der Waals surface area contributed by atoms with E-state index in [4.69, 9.17) is 5.73 Å². The lowest BCUT2D eigenvalue weighted by atomic mass is 10.2. The van der Waals surface area contributed by atoms with Gasteiger partial charge in [-0.2, -0.15) is 0 Å². The van der Waals surface area contributed by atoms with E-state index in [2.05, 4.69) is 22.5 Å². The number of amides is 1. The van der Waals surface area contributed by atoms with Crippen molar-refractivity contribution in [2.45, 2.75) is 25.8 Å². The molecule has 1 aromatic rings. The molecular weight excluding hydrogens is 216 g/mol. The Morgan fingerprint density at radius 2 is 2.35 bits per heavy atom.